The number of carboxylic acid groups (broad SMARTS) is 1. The highest BCUT2D eigenvalue weighted by Gasteiger charge is 2.19. The lowest BCUT2D eigenvalue weighted by molar-refractivity contribution is -0.131. The van der Waals surface area contributed by atoms with E-state index >= 15 is 0 Å². The fourth-order valence-electron chi connectivity index (χ4n) is 2.02. The third-order valence-electron chi connectivity index (χ3n) is 3.43. The van der Waals surface area contributed by atoms with Crippen molar-refractivity contribution in [3.05, 3.63) is 41.2 Å². The molecule has 2 rings (SSSR count). The number of hydrogen-bond acceptors (Lipinski definition) is 2. The first kappa shape index (κ1) is 14.2. The number of hydrogen-bond donors (Lipinski definition) is 2. The molecule has 0 bridgehead atoms. The molecule has 0 unspecified atom stereocenters. The Morgan fingerprint density at radius 3 is 2.70 bits per heavy atom. The Balaban J connectivity index is 2.00. The second kappa shape index (κ2) is 6.32. The third-order valence-corrected chi connectivity index (χ3v) is 3.43. The molecular weight excluding hydrogens is 261 g/mol. The highest BCUT2D eigenvalue weighted by Crippen LogP contribution is 2.25. The fraction of sp³-hybridized carbons (Fsp3) is 0.333. The van der Waals surface area contributed by atoms with Gasteiger partial charge in [-0.1, -0.05) is 12.5 Å². The number of carbonyl (C=O) groups is 2. The highest BCUT2D eigenvalue weighted by molar-refractivity contribution is 5.94. The predicted molar refractivity (Wildman–Crippen MR) is 72.7 cm³/mol. The Morgan fingerprint density at radius 2 is 2.15 bits per heavy atom. The van der Waals surface area contributed by atoms with Crippen LogP contribution in [0.15, 0.2) is 24.3 Å². The summed E-state index contributed by atoms with van der Waals surface area (Å²) in [5.41, 5.74) is 0.386. The lowest BCUT2D eigenvalue weighted by atomic mass is 9.85. The van der Waals surface area contributed by atoms with E-state index in [9.17, 15) is 14.0 Å². The van der Waals surface area contributed by atoms with Gasteiger partial charge in [-0.3, -0.25) is 4.79 Å². The van der Waals surface area contributed by atoms with Gasteiger partial charge in [0.25, 0.3) is 5.91 Å². The normalized spacial score (nSPS) is 15.1. The van der Waals surface area contributed by atoms with Gasteiger partial charge in [-0.15, -0.1) is 0 Å². The molecule has 5 heteroatoms. The number of nitrogens with one attached hydrogen (secondary N) is 1. The number of benzene rings is 1. The highest BCUT2D eigenvalue weighted by atomic mass is 19.1. The van der Waals surface area contributed by atoms with Crippen molar-refractivity contribution < 1.29 is 19.1 Å². The van der Waals surface area contributed by atoms with E-state index in [2.05, 4.69) is 5.32 Å². The minimum absolute atomic E-state index is 0.0169. The van der Waals surface area contributed by atoms with Gasteiger partial charge in [0.05, 0.1) is 5.56 Å². The second-order valence-electron chi connectivity index (χ2n) is 4.92. The van der Waals surface area contributed by atoms with Gasteiger partial charge < -0.3 is 10.4 Å². The topological polar surface area (TPSA) is 66.4 Å². The van der Waals surface area contributed by atoms with Crippen LogP contribution in [0.3, 0.4) is 0 Å². The summed E-state index contributed by atoms with van der Waals surface area (Å²) < 4.78 is 13.8. The summed E-state index contributed by atoms with van der Waals surface area (Å²) in [5.74, 6) is -1.67. The van der Waals surface area contributed by atoms with Crippen LogP contribution in [0.4, 0.5) is 4.39 Å². The molecule has 0 aromatic heterocycles. The summed E-state index contributed by atoms with van der Waals surface area (Å²) in [7, 11) is 0. The van der Waals surface area contributed by atoms with Gasteiger partial charge in [-0.05, 0) is 42.5 Å². The molecule has 0 atom stereocenters. The number of carbonyl (C=O) groups excluding carboxylic acids is 1. The standard InChI is InChI=1S/C15H16FNO3/c16-13-8-10(5-7-14(18)19)4-6-12(13)15(20)17-9-11-2-1-3-11/h4-8,11H,1-3,9H2,(H,17,20)(H,18,19). The largest absolute Gasteiger partial charge is 0.478 e. The maximum atomic E-state index is 13.8. The van der Waals surface area contributed by atoms with Crippen LogP contribution >= 0.6 is 0 Å². The van der Waals surface area contributed by atoms with Crippen LogP contribution in [0.2, 0.25) is 0 Å². The molecule has 1 aromatic rings. The molecule has 1 amide bonds. The van der Waals surface area contributed by atoms with Gasteiger partial charge >= 0.3 is 5.97 Å². The first-order chi connectivity index (χ1) is 9.56. The Labute approximate surface area is 116 Å². The number of rotatable bonds is 5. The molecule has 1 aliphatic carbocycles. The van der Waals surface area contributed by atoms with Crippen LogP contribution in [-0.4, -0.2) is 23.5 Å². The van der Waals surface area contributed by atoms with Crippen LogP contribution in [0, 0.1) is 11.7 Å². The molecule has 0 radical (unpaired) electrons. The van der Waals surface area contributed by atoms with Gasteiger partial charge in [0.1, 0.15) is 5.82 Å². The first-order valence-electron chi connectivity index (χ1n) is 6.55. The van der Waals surface area contributed by atoms with E-state index < -0.39 is 17.7 Å². The zero-order valence-electron chi connectivity index (χ0n) is 10.9. The Bertz CT molecular complexity index is 550. The van der Waals surface area contributed by atoms with Gasteiger partial charge in [0.15, 0.2) is 0 Å². The monoisotopic (exact) mass is 277 g/mol. The fourth-order valence-corrected chi connectivity index (χ4v) is 2.02. The summed E-state index contributed by atoms with van der Waals surface area (Å²) in [6, 6.07) is 4.03. The summed E-state index contributed by atoms with van der Waals surface area (Å²) in [5, 5.41) is 11.2. The van der Waals surface area contributed by atoms with Crippen LogP contribution in [-0.2, 0) is 4.79 Å². The van der Waals surface area contributed by atoms with Gasteiger partial charge in [0, 0.05) is 12.6 Å². The van der Waals surface area contributed by atoms with E-state index in [-0.39, 0.29) is 5.56 Å². The van der Waals surface area contributed by atoms with Gasteiger partial charge in [-0.25, -0.2) is 9.18 Å². The van der Waals surface area contributed by atoms with E-state index in [0.717, 1.165) is 25.0 Å². The quantitative estimate of drug-likeness (QED) is 0.812. The van der Waals surface area contributed by atoms with Gasteiger partial charge in [0.2, 0.25) is 0 Å². The lowest BCUT2D eigenvalue weighted by Crippen LogP contribution is -2.32. The van der Waals surface area contributed by atoms with E-state index in [1.165, 1.54) is 24.6 Å². The second-order valence-corrected chi connectivity index (χ2v) is 4.92. The molecule has 0 heterocycles. The van der Waals surface area contributed by atoms with E-state index in [4.69, 9.17) is 5.11 Å². The molecule has 0 saturated heterocycles. The van der Waals surface area contributed by atoms with Crippen molar-refractivity contribution in [2.24, 2.45) is 5.92 Å². The molecule has 1 aromatic carbocycles. The van der Waals surface area contributed by atoms with Crippen molar-refractivity contribution in [2.45, 2.75) is 19.3 Å². The molecule has 0 spiro atoms. The number of aliphatic carboxylic acids is 1. The molecule has 106 valence electrons. The van der Waals surface area contributed by atoms with Crippen LogP contribution in [0.1, 0.15) is 35.2 Å². The summed E-state index contributed by atoms with van der Waals surface area (Å²) >= 11 is 0. The smallest absolute Gasteiger partial charge is 0.328 e. The Hall–Kier alpha value is -2.17. The maximum absolute atomic E-state index is 13.8. The van der Waals surface area contributed by atoms with Crippen molar-refractivity contribution in [3.8, 4) is 0 Å². The molecule has 20 heavy (non-hydrogen) atoms. The van der Waals surface area contributed by atoms with Crippen LogP contribution in [0.5, 0.6) is 0 Å². The molecule has 1 aliphatic rings. The van der Waals surface area contributed by atoms with Crippen molar-refractivity contribution >= 4 is 18.0 Å². The minimum Gasteiger partial charge on any atom is -0.478 e. The van der Waals surface area contributed by atoms with Crippen molar-refractivity contribution in [1.29, 1.82) is 0 Å². The predicted octanol–water partition coefficient (Wildman–Crippen LogP) is 2.45. The minimum atomic E-state index is -1.10. The summed E-state index contributed by atoms with van der Waals surface area (Å²) in [6.45, 7) is 0.582. The summed E-state index contributed by atoms with van der Waals surface area (Å²) in [4.78, 5) is 22.2. The van der Waals surface area contributed by atoms with E-state index in [1.807, 2.05) is 0 Å². The number of halogens is 1. The summed E-state index contributed by atoms with van der Waals surface area (Å²) in [6.07, 6.45) is 5.62. The van der Waals surface area contributed by atoms with E-state index in [0.29, 0.717) is 18.0 Å². The lowest BCUT2D eigenvalue weighted by Gasteiger charge is -2.25. The van der Waals surface area contributed by atoms with Gasteiger partial charge in [-0.2, -0.15) is 0 Å². The average molecular weight is 277 g/mol. The van der Waals surface area contributed by atoms with Crippen molar-refractivity contribution in [3.63, 3.8) is 0 Å². The zero-order valence-corrected chi connectivity index (χ0v) is 10.9. The first-order valence-corrected chi connectivity index (χ1v) is 6.55. The third kappa shape index (κ3) is 3.66. The molecule has 2 N–H and O–H groups in total. The molecular formula is C15H16FNO3. The van der Waals surface area contributed by atoms with E-state index in [1.54, 1.807) is 0 Å². The molecule has 1 saturated carbocycles. The number of amides is 1. The van der Waals surface area contributed by atoms with Crippen LogP contribution < -0.4 is 5.32 Å². The maximum Gasteiger partial charge on any atom is 0.328 e. The number of carboxylic acids is 1. The van der Waals surface area contributed by atoms with Crippen molar-refractivity contribution in [1.82, 2.24) is 5.32 Å². The Kier molecular flexibility index (Phi) is 4.50. The molecule has 1 fully saturated rings. The SMILES string of the molecule is O=C(O)C=Cc1ccc(C(=O)NCC2CCC2)c(F)c1. The van der Waals surface area contributed by atoms with Crippen molar-refractivity contribution in [2.75, 3.05) is 6.54 Å². The Morgan fingerprint density at radius 1 is 1.40 bits per heavy atom. The average Bonchev–Trinajstić information content (AvgIpc) is 2.34. The molecule has 4 nitrogen and oxygen atoms in total. The zero-order chi connectivity index (χ0) is 14.5. The molecule has 0 aliphatic heterocycles. The van der Waals surface area contributed by atoms with Crippen LogP contribution in [0.25, 0.3) is 6.08 Å².